The lowest BCUT2D eigenvalue weighted by Crippen LogP contribution is -2.18. The highest BCUT2D eigenvalue weighted by atomic mass is 16.1. The second kappa shape index (κ2) is 5.50. The number of hydrogen-bond donors (Lipinski definition) is 1. The maximum Gasteiger partial charge on any atom is 0.217 e. The molecule has 0 aliphatic carbocycles. The Hall–Kier alpha value is -2.09. The van der Waals surface area contributed by atoms with Gasteiger partial charge in [-0.25, -0.2) is 0 Å². The Morgan fingerprint density at radius 3 is 2.50 bits per heavy atom. The van der Waals surface area contributed by atoms with E-state index in [2.05, 4.69) is 42.6 Å². The van der Waals surface area contributed by atoms with Crippen LogP contribution in [0.1, 0.15) is 18.1 Å². The van der Waals surface area contributed by atoms with Crippen LogP contribution in [0.5, 0.6) is 0 Å². The summed E-state index contributed by atoms with van der Waals surface area (Å²) in [6.07, 6.45) is 0. The smallest absolute Gasteiger partial charge is 0.217 e. The number of hydrogen-bond acceptors (Lipinski definition) is 1. The molecule has 92 valence electrons. The van der Waals surface area contributed by atoms with Crippen molar-refractivity contribution >= 4 is 5.91 Å². The van der Waals surface area contributed by atoms with Crippen molar-refractivity contribution in [3.63, 3.8) is 0 Å². The van der Waals surface area contributed by atoms with Crippen LogP contribution < -0.4 is 5.32 Å². The van der Waals surface area contributed by atoms with Gasteiger partial charge in [-0.2, -0.15) is 0 Å². The van der Waals surface area contributed by atoms with Gasteiger partial charge in [0.2, 0.25) is 5.91 Å². The van der Waals surface area contributed by atoms with Crippen LogP contribution >= 0.6 is 0 Å². The van der Waals surface area contributed by atoms with Crippen LogP contribution in [-0.2, 0) is 11.3 Å². The summed E-state index contributed by atoms with van der Waals surface area (Å²) >= 11 is 0. The van der Waals surface area contributed by atoms with Crippen molar-refractivity contribution < 1.29 is 4.79 Å². The number of amides is 1. The first-order valence-electron chi connectivity index (χ1n) is 6.06. The number of nitrogens with one attached hydrogen (secondary N) is 1. The molecule has 0 saturated heterocycles. The van der Waals surface area contributed by atoms with E-state index in [9.17, 15) is 4.79 Å². The van der Waals surface area contributed by atoms with Crippen LogP contribution in [0.2, 0.25) is 0 Å². The second-order valence-electron chi connectivity index (χ2n) is 4.43. The second-order valence-corrected chi connectivity index (χ2v) is 4.43. The summed E-state index contributed by atoms with van der Waals surface area (Å²) in [5.74, 6) is -0.00293. The molecule has 2 aromatic rings. The van der Waals surface area contributed by atoms with Crippen LogP contribution in [0.15, 0.2) is 48.5 Å². The maximum atomic E-state index is 10.9. The molecule has 0 heterocycles. The minimum Gasteiger partial charge on any atom is -0.352 e. The minimum absolute atomic E-state index is 0.00293. The molecule has 2 nitrogen and oxygen atoms in total. The molecule has 2 aromatic carbocycles. The predicted octanol–water partition coefficient (Wildman–Crippen LogP) is 3.30. The Morgan fingerprint density at radius 1 is 1.11 bits per heavy atom. The standard InChI is InChI=1S/C16H17NO/c1-12-8-9-14(11-17-13(2)18)10-16(12)15-6-4-3-5-7-15/h3-10H,11H2,1-2H3,(H,17,18). The van der Waals surface area contributed by atoms with Crippen LogP contribution in [-0.4, -0.2) is 5.91 Å². The van der Waals surface area contributed by atoms with Crippen LogP contribution in [0.25, 0.3) is 11.1 Å². The molecule has 0 aliphatic heterocycles. The van der Waals surface area contributed by atoms with E-state index < -0.39 is 0 Å². The van der Waals surface area contributed by atoms with E-state index in [1.165, 1.54) is 23.6 Å². The molecular formula is C16H17NO. The third-order valence-electron chi connectivity index (χ3n) is 2.93. The zero-order valence-electron chi connectivity index (χ0n) is 10.7. The lowest BCUT2D eigenvalue weighted by Gasteiger charge is -2.09. The van der Waals surface area contributed by atoms with Crippen molar-refractivity contribution in [3.8, 4) is 11.1 Å². The minimum atomic E-state index is -0.00293. The maximum absolute atomic E-state index is 10.9. The lowest BCUT2D eigenvalue weighted by molar-refractivity contribution is -0.119. The van der Waals surface area contributed by atoms with E-state index in [0.717, 1.165) is 5.56 Å². The van der Waals surface area contributed by atoms with Crippen molar-refractivity contribution in [2.45, 2.75) is 20.4 Å². The molecule has 0 aliphatic rings. The number of carbonyl (C=O) groups excluding carboxylic acids is 1. The molecule has 2 heteroatoms. The van der Waals surface area contributed by atoms with E-state index >= 15 is 0 Å². The summed E-state index contributed by atoms with van der Waals surface area (Å²) < 4.78 is 0. The van der Waals surface area contributed by atoms with Gasteiger partial charge in [-0.1, -0.05) is 42.5 Å². The number of carbonyl (C=O) groups is 1. The predicted molar refractivity (Wildman–Crippen MR) is 74.1 cm³/mol. The molecule has 0 spiro atoms. The monoisotopic (exact) mass is 239 g/mol. The first-order valence-corrected chi connectivity index (χ1v) is 6.06. The van der Waals surface area contributed by atoms with Gasteiger partial charge in [-0.15, -0.1) is 0 Å². The fraction of sp³-hybridized carbons (Fsp3) is 0.188. The first-order chi connectivity index (χ1) is 8.66. The molecule has 0 radical (unpaired) electrons. The molecule has 18 heavy (non-hydrogen) atoms. The van der Waals surface area contributed by atoms with Gasteiger partial charge in [0.1, 0.15) is 0 Å². The van der Waals surface area contributed by atoms with Crippen molar-refractivity contribution in [2.75, 3.05) is 0 Å². The number of benzene rings is 2. The van der Waals surface area contributed by atoms with Gasteiger partial charge in [0.25, 0.3) is 0 Å². The van der Waals surface area contributed by atoms with Gasteiger partial charge in [-0.3, -0.25) is 4.79 Å². The van der Waals surface area contributed by atoms with Crippen LogP contribution in [0.4, 0.5) is 0 Å². The first kappa shape index (κ1) is 12.4. The fourth-order valence-electron chi connectivity index (χ4n) is 1.93. The summed E-state index contributed by atoms with van der Waals surface area (Å²) in [5.41, 5.74) is 4.79. The van der Waals surface area contributed by atoms with E-state index in [1.54, 1.807) is 0 Å². The Labute approximate surface area is 108 Å². The Bertz CT molecular complexity index is 546. The third-order valence-corrected chi connectivity index (χ3v) is 2.93. The topological polar surface area (TPSA) is 29.1 Å². The summed E-state index contributed by atoms with van der Waals surface area (Å²) in [6.45, 7) is 4.21. The molecule has 0 aromatic heterocycles. The summed E-state index contributed by atoms with van der Waals surface area (Å²) in [5, 5.41) is 2.82. The molecule has 0 atom stereocenters. The van der Waals surface area contributed by atoms with Gasteiger partial charge in [0, 0.05) is 13.5 Å². The molecule has 1 N–H and O–H groups in total. The van der Waals surface area contributed by atoms with Crippen molar-refractivity contribution in [1.29, 1.82) is 0 Å². The molecule has 0 unspecified atom stereocenters. The van der Waals surface area contributed by atoms with Gasteiger partial charge in [0.15, 0.2) is 0 Å². The summed E-state index contributed by atoms with van der Waals surface area (Å²) in [7, 11) is 0. The number of aryl methyl sites for hydroxylation is 1. The fourth-order valence-corrected chi connectivity index (χ4v) is 1.93. The van der Waals surface area contributed by atoms with Gasteiger partial charge in [-0.05, 0) is 35.2 Å². The van der Waals surface area contributed by atoms with E-state index in [1.807, 2.05) is 18.2 Å². The van der Waals surface area contributed by atoms with Crippen molar-refractivity contribution in [1.82, 2.24) is 5.32 Å². The van der Waals surface area contributed by atoms with Crippen LogP contribution in [0, 0.1) is 6.92 Å². The van der Waals surface area contributed by atoms with Crippen LogP contribution in [0.3, 0.4) is 0 Å². The molecule has 1 amide bonds. The average molecular weight is 239 g/mol. The Balaban J connectivity index is 2.30. The normalized spacial score (nSPS) is 10.1. The third kappa shape index (κ3) is 2.98. The summed E-state index contributed by atoms with van der Waals surface area (Å²) in [6, 6.07) is 16.6. The van der Waals surface area contributed by atoms with E-state index in [0.29, 0.717) is 6.54 Å². The van der Waals surface area contributed by atoms with E-state index in [-0.39, 0.29) is 5.91 Å². The molecule has 0 fully saturated rings. The van der Waals surface area contributed by atoms with E-state index in [4.69, 9.17) is 0 Å². The molecule has 2 rings (SSSR count). The Morgan fingerprint density at radius 2 is 1.83 bits per heavy atom. The SMILES string of the molecule is CC(=O)NCc1ccc(C)c(-c2ccccc2)c1. The molecule has 0 saturated carbocycles. The highest BCUT2D eigenvalue weighted by molar-refractivity contribution is 5.73. The average Bonchev–Trinajstić information content (AvgIpc) is 2.38. The largest absolute Gasteiger partial charge is 0.352 e. The Kier molecular flexibility index (Phi) is 3.78. The van der Waals surface area contributed by atoms with Gasteiger partial charge >= 0.3 is 0 Å². The zero-order chi connectivity index (χ0) is 13.0. The zero-order valence-corrected chi connectivity index (χ0v) is 10.7. The highest BCUT2D eigenvalue weighted by Crippen LogP contribution is 2.24. The highest BCUT2D eigenvalue weighted by Gasteiger charge is 2.03. The molecular weight excluding hydrogens is 222 g/mol. The number of rotatable bonds is 3. The van der Waals surface area contributed by atoms with Crippen molar-refractivity contribution in [3.05, 3.63) is 59.7 Å². The lowest BCUT2D eigenvalue weighted by atomic mass is 9.98. The quantitative estimate of drug-likeness (QED) is 0.874. The summed E-state index contributed by atoms with van der Waals surface area (Å²) in [4.78, 5) is 10.9. The van der Waals surface area contributed by atoms with Crippen molar-refractivity contribution in [2.24, 2.45) is 0 Å². The van der Waals surface area contributed by atoms with Gasteiger partial charge in [0.05, 0.1) is 0 Å². The van der Waals surface area contributed by atoms with Gasteiger partial charge < -0.3 is 5.32 Å². The molecule has 0 bridgehead atoms.